The Morgan fingerprint density at radius 3 is 2.29 bits per heavy atom. The minimum atomic E-state index is -4.61. The second kappa shape index (κ2) is 8.61. The van der Waals surface area contributed by atoms with E-state index in [1.54, 1.807) is 0 Å². The number of halogens is 3. The zero-order valence-corrected chi connectivity index (χ0v) is 17.3. The van der Waals surface area contributed by atoms with Gasteiger partial charge in [0.2, 0.25) is 0 Å². The first-order chi connectivity index (χ1) is 16.0. The van der Waals surface area contributed by atoms with E-state index < -0.39 is 35.3 Å². The van der Waals surface area contributed by atoms with Gasteiger partial charge in [0.25, 0.3) is 5.91 Å². The van der Waals surface area contributed by atoms with E-state index in [1.165, 1.54) is 29.2 Å². The summed E-state index contributed by atoms with van der Waals surface area (Å²) in [6.07, 6.45) is -4.23. The molecule has 1 saturated heterocycles. The zero-order valence-electron chi connectivity index (χ0n) is 17.3. The van der Waals surface area contributed by atoms with E-state index in [-0.39, 0.29) is 29.3 Å². The van der Waals surface area contributed by atoms with E-state index in [1.807, 2.05) is 0 Å². The number of aromatic nitrogens is 2. The molecular formula is C22H17F3N4O5. The van der Waals surface area contributed by atoms with Crippen molar-refractivity contribution in [1.82, 2.24) is 14.9 Å². The monoisotopic (exact) mass is 474 g/mol. The van der Waals surface area contributed by atoms with Crippen LogP contribution in [-0.4, -0.2) is 56.0 Å². The summed E-state index contributed by atoms with van der Waals surface area (Å²) in [6.45, 7) is 0.458. The second-order valence-corrected chi connectivity index (χ2v) is 7.70. The van der Waals surface area contributed by atoms with E-state index >= 15 is 0 Å². The van der Waals surface area contributed by atoms with Gasteiger partial charge in [-0.15, -0.1) is 0 Å². The molecule has 2 heterocycles. The zero-order chi connectivity index (χ0) is 24.6. The quantitative estimate of drug-likeness (QED) is 0.511. The highest BCUT2D eigenvalue weighted by Crippen LogP contribution is 2.31. The lowest BCUT2D eigenvalue weighted by Crippen LogP contribution is -2.29. The maximum atomic E-state index is 13.0. The Kier molecular flexibility index (Phi) is 5.82. The van der Waals surface area contributed by atoms with Crippen LogP contribution in [0.25, 0.3) is 11.0 Å². The van der Waals surface area contributed by atoms with Crippen LogP contribution in [-0.2, 0) is 11.0 Å². The summed E-state index contributed by atoms with van der Waals surface area (Å²) < 4.78 is 38.9. The lowest BCUT2D eigenvalue weighted by molar-refractivity contribution is -0.141. The molecule has 34 heavy (non-hydrogen) atoms. The molecule has 1 fully saturated rings. The number of aromatic carboxylic acids is 1. The van der Waals surface area contributed by atoms with Gasteiger partial charge in [0.1, 0.15) is 0 Å². The molecule has 0 spiro atoms. The number of likely N-dealkylation sites (tertiary alicyclic amines) is 1. The molecule has 1 aromatic heterocycles. The number of amides is 1. The Balaban J connectivity index is 1.57. The summed E-state index contributed by atoms with van der Waals surface area (Å²) in [4.78, 5) is 44.7. The molecule has 4 rings (SSSR count). The van der Waals surface area contributed by atoms with Crippen LogP contribution in [0.2, 0.25) is 0 Å². The minimum absolute atomic E-state index is 0.0642. The SMILES string of the molecule is O=C(O)c1nc2cc(C(F)(F)F)ccc2nc1Nc1ccc(C(=O)N2CCC(C(=O)O)C2)cc1. The number of fused-ring (bicyclic) bond motifs is 1. The molecule has 1 atom stereocenters. The molecule has 1 aliphatic rings. The topological polar surface area (TPSA) is 133 Å². The van der Waals surface area contributed by atoms with E-state index in [0.29, 0.717) is 24.2 Å². The number of carboxylic acids is 2. The van der Waals surface area contributed by atoms with E-state index in [0.717, 1.165) is 18.2 Å². The lowest BCUT2D eigenvalue weighted by atomic mass is 10.1. The fourth-order valence-electron chi connectivity index (χ4n) is 3.63. The number of nitrogens with zero attached hydrogens (tertiary/aromatic N) is 3. The molecule has 3 aromatic rings. The van der Waals surface area contributed by atoms with Gasteiger partial charge in [-0.2, -0.15) is 13.2 Å². The Labute approximate surface area is 189 Å². The Hall–Kier alpha value is -4.22. The van der Waals surface area contributed by atoms with Crippen LogP contribution in [0.1, 0.15) is 32.8 Å². The first kappa shape index (κ1) is 23.0. The first-order valence-electron chi connectivity index (χ1n) is 10.0. The van der Waals surface area contributed by atoms with Gasteiger partial charge in [0.15, 0.2) is 11.5 Å². The average Bonchev–Trinajstić information content (AvgIpc) is 3.28. The molecule has 1 aliphatic heterocycles. The van der Waals surface area contributed by atoms with Crippen molar-refractivity contribution in [2.75, 3.05) is 18.4 Å². The molecule has 176 valence electrons. The predicted molar refractivity (Wildman–Crippen MR) is 113 cm³/mol. The van der Waals surface area contributed by atoms with Crippen LogP contribution in [0.3, 0.4) is 0 Å². The van der Waals surface area contributed by atoms with Crippen molar-refractivity contribution in [2.45, 2.75) is 12.6 Å². The van der Waals surface area contributed by atoms with Crippen molar-refractivity contribution < 1.29 is 37.8 Å². The number of aliphatic carboxylic acids is 1. The van der Waals surface area contributed by atoms with Crippen molar-refractivity contribution >= 4 is 40.4 Å². The predicted octanol–water partition coefficient (Wildman–Crippen LogP) is 3.64. The highest BCUT2D eigenvalue weighted by Gasteiger charge is 2.32. The van der Waals surface area contributed by atoms with Crippen molar-refractivity contribution in [3.05, 3.63) is 59.3 Å². The maximum absolute atomic E-state index is 13.0. The largest absolute Gasteiger partial charge is 0.481 e. The van der Waals surface area contributed by atoms with Crippen molar-refractivity contribution in [3.8, 4) is 0 Å². The number of hydrogen-bond donors (Lipinski definition) is 3. The van der Waals surface area contributed by atoms with Crippen LogP contribution < -0.4 is 5.32 Å². The minimum Gasteiger partial charge on any atom is -0.481 e. The van der Waals surface area contributed by atoms with E-state index in [4.69, 9.17) is 5.11 Å². The third-order valence-electron chi connectivity index (χ3n) is 5.41. The summed E-state index contributed by atoms with van der Waals surface area (Å²) in [5.74, 6) is -3.54. The van der Waals surface area contributed by atoms with Gasteiger partial charge >= 0.3 is 18.1 Å². The first-order valence-corrected chi connectivity index (χ1v) is 10.0. The van der Waals surface area contributed by atoms with Gasteiger partial charge in [-0.25, -0.2) is 14.8 Å². The normalized spacial score (nSPS) is 16.0. The number of rotatable bonds is 5. The molecule has 9 nitrogen and oxygen atoms in total. The average molecular weight is 474 g/mol. The molecule has 0 bridgehead atoms. The van der Waals surface area contributed by atoms with Crippen LogP contribution in [0.4, 0.5) is 24.7 Å². The van der Waals surface area contributed by atoms with E-state index in [9.17, 15) is 32.7 Å². The van der Waals surface area contributed by atoms with Gasteiger partial charge < -0.3 is 20.4 Å². The number of hydrogen-bond acceptors (Lipinski definition) is 6. The summed E-state index contributed by atoms with van der Waals surface area (Å²) in [5.41, 5.74) is -1.01. The third-order valence-corrected chi connectivity index (χ3v) is 5.41. The van der Waals surface area contributed by atoms with Gasteiger partial charge in [0.05, 0.1) is 22.5 Å². The number of carboxylic acid groups (broad SMARTS) is 2. The Morgan fingerprint density at radius 1 is 1.00 bits per heavy atom. The van der Waals surface area contributed by atoms with E-state index in [2.05, 4.69) is 15.3 Å². The number of alkyl halides is 3. The smallest absolute Gasteiger partial charge is 0.416 e. The third kappa shape index (κ3) is 4.60. The van der Waals surface area contributed by atoms with Gasteiger partial charge in [0, 0.05) is 24.3 Å². The summed E-state index contributed by atoms with van der Waals surface area (Å²) in [5, 5.41) is 21.3. The highest BCUT2D eigenvalue weighted by atomic mass is 19.4. The number of nitrogens with one attached hydrogen (secondary N) is 1. The fraction of sp³-hybridized carbons (Fsp3) is 0.227. The molecule has 0 saturated carbocycles. The standard InChI is InChI=1S/C22H17F3N4O5/c23-22(24,25)13-3-6-15-16(9-13)27-17(21(33)34)18(28-15)26-14-4-1-11(2-5-14)19(30)29-8-7-12(10-29)20(31)32/h1-6,9,12H,7-8,10H2,(H,26,28)(H,31,32)(H,33,34). The molecule has 0 aliphatic carbocycles. The fourth-order valence-corrected chi connectivity index (χ4v) is 3.63. The van der Waals surface area contributed by atoms with Crippen molar-refractivity contribution in [1.29, 1.82) is 0 Å². The van der Waals surface area contributed by atoms with Gasteiger partial charge in [-0.05, 0) is 48.9 Å². The van der Waals surface area contributed by atoms with Gasteiger partial charge in [-0.3, -0.25) is 9.59 Å². The highest BCUT2D eigenvalue weighted by molar-refractivity contribution is 5.96. The lowest BCUT2D eigenvalue weighted by Gasteiger charge is -2.16. The number of carbonyl (C=O) groups excluding carboxylic acids is 1. The summed E-state index contributed by atoms with van der Waals surface area (Å²) in [7, 11) is 0. The number of benzene rings is 2. The molecule has 2 aromatic carbocycles. The number of carbonyl (C=O) groups is 3. The number of anilines is 2. The van der Waals surface area contributed by atoms with Crippen LogP contribution >= 0.6 is 0 Å². The summed E-state index contributed by atoms with van der Waals surface area (Å²) in [6, 6.07) is 8.64. The molecule has 0 radical (unpaired) electrons. The van der Waals surface area contributed by atoms with Crippen molar-refractivity contribution in [2.24, 2.45) is 5.92 Å². The Morgan fingerprint density at radius 2 is 1.71 bits per heavy atom. The summed E-state index contributed by atoms with van der Waals surface area (Å²) >= 11 is 0. The van der Waals surface area contributed by atoms with Crippen LogP contribution in [0.15, 0.2) is 42.5 Å². The molecular weight excluding hydrogens is 457 g/mol. The Bertz CT molecular complexity index is 1290. The molecule has 12 heteroatoms. The maximum Gasteiger partial charge on any atom is 0.416 e. The van der Waals surface area contributed by atoms with Crippen LogP contribution in [0.5, 0.6) is 0 Å². The van der Waals surface area contributed by atoms with Crippen molar-refractivity contribution in [3.63, 3.8) is 0 Å². The molecule has 1 amide bonds. The second-order valence-electron chi connectivity index (χ2n) is 7.70. The molecule has 1 unspecified atom stereocenters. The molecule has 3 N–H and O–H groups in total. The van der Waals surface area contributed by atoms with Crippen LogP contribution in [0, 0.1) is 5.92 Å². The van der Waals surface area contributed by atoms with Gasteiger partial charge in [-0.1, -0.05) is 0 Å².